The van der Waals surface area contributed by atoms with Gasteiger partial charge in [0.25, 0.3) is 0 Å². The van der Waals surface area contributed by atoms with Gasteiger partial charge < -0.3 is 5.32 Å². The molecular weight excluding hydrogens is 198 g/mol. The lowest BCUT2D eigenvalue weighted by atomic mass is 10.4. The van der Waals surface area contributed by atoms with Crippen molar-refractivity contribution in [1.82, 2.24) is 25.5 Å². The van der Waals surface area contributed by atoms with Crippen molar-refractivity contribution >= 4 is 11.8 Å². The van der Waals surface area contributed by atoms with E-state index in [-0.39, 0.29) is 0 Å². The summed E-state index contributed by atoms with van der Waals surface area (Å²) in [4.78, 5) is 0. The van der Waals surface area contributed by atoms with E-state index in [2.05, 4.69) is 34.0 Å². The van der Waals surface area contributed by atoms with E-state index < -0.39 is 0 Å². The van der Waals surface area contributed by atoms with E-state index >= 15 is 0 Å². The molecule has 0 saturated heterocycles. The maximum absolute atomic E-state index is 3.96. The number of tetrazole rings is 1. The number of nitrogens with one attached hydrogen (secondary N) is 1. The quantitative estimate of drug-likeness (QED) is 0.673. The van der Waals surface area contributed by atoms with Gasteiger partial charge in [-0.05, 0) is 35.4 Å². The summed E-state index contributed by atoms with van der Waals surface area (Å²) in [6.07, 6.45) is 3.23. The van der Waals surface area contributed by atoms with Crippen molar-refractivity contribution in [2.24, 2.45) is 0 Å². The van der Waals surface area contributed by atoms with E-state index in [1.54, 1.807) is 0 Å². The summed E-state index contributed by atoms with van der Waals surface area (Å²) in [5.74, 6) is 2.08. The van der Waals surface area contributed by atoms with E-state index in [1.165, 1.54) is 0 Å². The second kappa shape index (κ2) is 6.78. The summed E-state index contributed by atoms with van der Waals surface area (Å²) in [6.45, 7) is 4.68. The molecular formula is C8H17N5S. The third-order valence-electron chi connectivity index (χ3n) is 1.86. The van der Waals surface area contributed by atoms with Gasteiger partial charge in [-0.25, -0.2) is 4.68 Å². The third kappa shape index (κ3) is 3.63. The molecule has 6 heteroatoms. The minimum atomic E-state index is 0.753. The van der Waals surface area contributed by atoms with Crippen LogP contribution in [0.15, 0.2) is 0 Å². The SMILES string of the molecule is CCNCc1nnnn1CCCSC. The molecule has 0 atom stereocenters. The fraction of sp³-hybridized carbons (Fsp3) is 0.875. The second-order valence-electron chi connectivity index (χ2n) is 2.94. The molecule has 0 bridgehead atoms. The molecule has 0 amide bonds. The summed E-state index contributed by atoms with van der Waals surface area (Å²) >= 11 is 1.85. The molecule has 0 unspecified atom stereocenters. The Labute approximate surface area is 88.6 Å². The zero-order valence-corrected chi connectivity index (χ0v) is 9.55. The highest BCUT2D eigenvalue weighted by Gasteiger charge is 2.03. The van der Waals surface area contributed by atoms with Crippen LogP contribution in [-0.2, 0) is 13.1 Å². The molecule has 0 fully saturated rings. The number of hydrogen-bond acceptors (Lipinski definition) is 5. The minimum absolute atomic E-state index is 0.753. The van der Waals surface area contributed by atoms with Crippen LogP contribution in [0.25, 0.3) is 0 Å². The van der Waals surface area contributed by atoms with Crippen molar-refractivity contribution in [2.45, 2.75) is 26.4 Å². The van der Waals surface area contributed by atoms with Gasteiger partial charge in [0, 0.05) is 6.54 Å². The highest BCUT2D eigenvalue weighted by molar-refractivity contribution is 7.98. The number of nitrogens with zero attached hydrogens (tertiary/aromatic N) is 4. The van der Waals surface area contributed by atoms with E-state index in [4.69, 9.17) is 0 Å². The summed E-state index contributed by atoms with van der Waals surface area (Å²) in [5.41, 5.74) is 0. The molecule has 1 aromatic rings. The van der Waals surface area contributed by atoms with Crippen molar-refractivity contribution in [3.63, 3.8) is 0 Å². The van der Waals surface area contributed by atoms with Crippen molar-refractivity contribution in [3.8, 4) is 0 Å². The molecule has 5 nitrogen and oxygen atoms in total. The average Bonchev–Trinajstić information content (AvgIpc) is 2.63. The maximum Gasteiger partial charge on any atom is 0.165 e. The zero-order valence-electron chi connectivity index (χ0n) is 8.73. The Hall–Kier alpha value is -0.620. The topological polar surface area (TPSA) is 55.6 Å². The molecule has 0 aliphatic carbocycles. The summed E-state index contributed by atoms with van der Waals surface area (Å²) in [6, 6.07) is 0. The van der Waals surface area contributed by atoms with Crippen LogP contribution >= 0.6 is 11.8 Å². The first-order valence-corrected chi connectivity index (χ1v) is 6.22. The number of aryl methyl sites for hydroxylation is 1. The lowest BCUT2D eigenvalue weighted by Gasteiger charge is -2.03. The van der Waals surface area contributed by atoms with Crippen molar-refractivity contribution in [1.29, 1.82) is 0 Å². The highest BCUT2D eigenvalue weighted by Crippen LogP contribution is 1.99. The number of aromatic nitrogens is 4. The molecule has 0 radical (unpaired) electrons. The van der Waals surface area contributed by atoms with Gasteiger partial charge in [-0.2, -0.15) is 11.8 Å². The predicted octanol–water partition coefficient (Wildman–Crippen LogP) is 0.536. The molecule has 1 rings (SSSR count). The molecule has 1 aromatic heterocycles. The minimum Gasteiger partial charge on any atom is -0.310 e. The third-order valence-corrected chi connectivity index (χ3v) is 2.55. The van der Waals surface area contributed by atoms with Gasteiger partial charge in [-0.3, -0.25) is 0 Å². The molecule has 0 aliphatic rings. The predicted molar refractivity (Wildman–Crippen MR) is 58.2 cm³/mol. The van der Waals surface area contributed by atoms with Crippen LogP contribution in [0.3, 0.4) is 0 Å². The number of thioether (sulfide) groups is 1. The molecule has 0 aliphatic heterocycles. The van der Waals surface area contributed by atoms with Gasteiger partial charge in [-0.15, -0.1) is 5.10 Å². The molecule has 0 saturated carbocycles. The van der Waals surface area contributed by atoms with E-state index in [1.807, 2.05) is 16.4 Å². The van der Waals surface area contributed by atoms with Crippen LogP contribution in [0.5, 0.6) is 0 Å². The van der Waals surface area contributed by atoms with E-state index in [0.717, 1.165) is 37.6 Å². The number of hydrogen-bond donors (Lipinski definition) is 1. The Morgan fingerprint density at radius 3 is 3.07 bits per heavy atom. The fourth-order valence-corrected chi connectivity index (χ4v) is 1.54. The van der Waals surface area contributed by atoms with Gasteiger partial charge in [0.05, 0.1) is 6.54 Å². The van der Waals surface area contributed by atoms with Gasteiger partial charge in [0.2, 0.25) is 0 Å². The molecule has 80 valence electrons. The monoisotopic (exact) mass is 215 g/mol. The maximum atomic E-state index is 3.96. The molecule has 14 heavy (non-hydrogen) atoms. The highest BCUT2D eigenvalue weighted by atomic mass is 32.2. The van der Waals surface area contributed by atoms with Crippen LogP contribution in [-0.4, -0.2) is 38.8 Å². The first-order chi connectivity index (χ1) is 6.88. The Balaban J connectivity index is 2.37. The lowest BCUT2D eigenvalue weighted by molar-refractivity contribution is 0.541. The summed E-state index contributed by atoms with van der Waals surface area (Å²) in [7, 11) is 0. The van der Waals surface area contributed by atoms with Crippen molar-refractivity contribution in [2.75, 3.05) is 18.6 Å². The molecule has 1 heterocycles. The average molecular weight is 215 g/mol. The van der Waals surface area contributed by atoms with Crippen molar-refractivity contribution in [3.05, 3.63) is 5.82 Å². The van der Waals surface area contributed by atoms with Gasteiger partial charge in [0.15, 0.2) is 5.82 Å². The Morgan fingerprint density at radius 1 is 1.50 bits per heavy atom. The Morgan fingerprint density at radius 2 is 2.36 bits per heavy atom. The smallest absolute Gasteiger partial charge is 0.165 e. The van der Waals surface area contributed by atoms with Crippen LogP contribution in [0, 0.1) is 0 Å². The first-order valence-electron chi connectivity index (χ1n) is 4.83. The van der Waals surface area contributed by atoms with Crippen molar-refractivity contribution < 1.29 is 0 Å². The Kier molecular flexibility index (Phi) is 5.55. The summed E-state index contributed by atoms with van der Waals surface area (Å²) in [5, 5.41) is 14.8. The lowest BCUT2D eigenvalue weighted by Crippen LogP contribution is -2.17. The zero-order chi connectivity index (χ0) is 10.2. The standard InChI is InChI=1S/C8H17N5S/c1-3-9-7-8-10-11-12-13(8)5-4-6-14-2/h9H,3-7H2,1-2H3. The van der Waals surface area contributed by atoms with E-state index in [9.17, 15) is 0 Å². The van der Waals surface area contributed by atoms with Crippen LogP contribution in [0.4, 0.5) is 0 Å². The largest absolute Gasteiger partial charge is 0.310 e. The van der Waals surface area contributed by atoms with Crippen LogP contribution < -0.4 is 5.32 Å². The van der Waals surface area contributed by atoms with E-state index in [0.29, 0.717) is 0 Å². The van der Waals surface area contributed by atoms with Crippen LogP contribution in [0.1, 0.15) is 19.2 Å². The number of rotatable bonds is 7. The normalized spacial score (nSPS) is 10.7. The molecule has 0 spiro atoms. The first kappa shape index (κ1) is 11.5. The van der Waals surface area contributed by atoms with Gasteiger partial charge in [-0.1, -0.05) is 6.92 Å². The van der Waals surface area contributed by atoms with Crippen LogP contribution in [0.2, 0.25) is 0 Å². The Bertz CT molecular complexity index is 250. The fourth-order valence-electron chi connectivity index (χ4n) is 1.12. The van der Waals surface area contributed by atoms with Gasteiger partial charge >= 0.3 is 0 Å². The summed E-state index contributed by atoms with van der Waals surface area (Å²) < 4.78 is 1.87. The second-order valence-corrected chi connectivity index (χ2v) is 3.93. The van der Waals surface area contributed by atoms with Gasteiger partial charge in [0.1, 0.15) is 0 Å². The molecule has 1 N–H and O–H groups in total. The molecule has 0 aromatic carbocycles.